The van der Waals surface area contributed by atoms with Crippen LogP contribution in [0, 0.1) is 12.8 Å². The van der Waals surface area contributed by atoms with Crippen LogP contribution in [0.2, 0.25) is 5.02 Å². The molecule has 0 fully saturated rings. The Bertz CT molecular complexity index is 1170. The van der Waals surface area contributed by atoms with Crippen molar-refractivity contribution in [3.8, 4) is 16.9 Å². The van der Waals surface area contributed by atoms with E-state index in [9.17, 15) is 13.9 Å². The van der Waals surface area contributed by atoms with Gasteiger partial charge in [0.15, 0.2) is 0 Å². The zero-order valence-electron chi connectivity index (χ0n) is 20.4. The lowest BCUT2D eigenvalue weighted by Gasteiger charge is -2.17. The number of carbonyl (C=O) groups is 1. The first-order valence-electron chi connectivity index (χ1n) is 11.4. The lowest BCUT2D eigenvalue weighted by Crippen LogP contribution is -2.13. The second-order valence-corrected chi connectivity index (χ2v) is 11.5. The number of unbranched alkanes of at least 4 members (excludes halogenated alkanes) is 1. The standard InChI is InChI=1S/C22H33ClN2O9P2/c1-4-7-14(2)12-18-21(16-8-9-19(17(23)13-16)34-36(30,31)32)20(22(24)26)15(3)25(18)10-5-6-11-33-35(27,28)29/h8-9,13-14H,4-7,10-12H2,1-3H3,(H2,24,26)(H2,27,28,29)(H2,30,31,32). The summed E-state index contributed by atoms with van der Waals surface area (Å²) in [4.78, 5) is 48.5. The second kappa shape index (κ2) is 12.7. The molecule has 1 amide bonds. The molecule has 0 saturated carbocycles. The summed E-state index contributed by atoms with van der Waals surface area (Å²) in [6.45, 7) is 6.30. The first-order chi connectivity index (χ1) is 16.6. The topological polar surface area (TPSA) is 182 Å². The van der Waals surface area contributed by atoms with Crippen LogP contribution in [0.25, 0.3) is 11.1 Å². The van der Waals surface area contributed by atoms with E-state index < -0.39 is 21.6 Å². The highest BCUT2D eigenvalue weighted by Crippen LogP contribution is 2.43. The molecule has 2 rings (SSSR count). The van der Waals surface area contributed by atoms with Gasteiger partial charge in [-0.2, -0.15) is 0 Å². The Morgan fingerprint density at radius 3 is 2.36 bits per heavy atom. The van der Waals surface area contributed by atoms with Gasteiger partial charge in [-0.3, -0.25) is 19.1 Å². The molecular weight excluding hydrogens is 534 g/mol. The van der Waals surface area contributed by atoms with Gasteiger partial charge in [0.05, 0.1) is 17.2 Å². The van der Waals surface area contributed by atoms with Gasteiger partial charge in [-0.15, -0.1) is 0 Å². The van der Waals surface area contributed by atoms with Crippen LogP contribution >= 0.6 is 27.2 Å². The molecule has 1 unspecified atom stereocenters. The zero-order valence-corrected chi connectivity index (χ0v) is 22.9. The number of primary amides is 1. The van der Waals surface area contributed by atoms with Crippen LogP contribution in [0.4, 0.5) is 0 Å². The Hall–Kier alpha value is -1.68. The SMILES string of the molecule is CCCC(C)Cc1c(-c2ccc(OP(=O)(O)O)c(Cl)c2)c(C(N)=O)c(C)n1CCCCOP(=O)(O)O. The molecule has 0 radical (unpaired) electrons. The number of halogens is 1. The highest BCUT2D eigenvalue weighted by Gasteiger charge is 2.27. The van der Waals surface area contributed by atoms with Crippen molar-refractivity contribution in [3.63, 3.8) is 0 Å². The number of hydrogen-bond donors (Lipinski definition) is 5. The molecule has 1 heterocycles. The lowest BCUT2D eigenvalue weighted by molar-refractivity contribution is 0.1000. The molecule has 0 aliphatic heterocycles. The Morgan fingerprint density at radius 1 is 1.17 bits per heavy atom. The van der Waals surface area contributed by atoms with Crippen molar-refractivity contribution >= 4 is 33.2 Å². The van der Waals surface area contributed by atoms with E-state index in [1.165, 1.54) is 12.1 Å². The minimum atomic E-state index is -4.82. The molecule has 14 heteroatoms. The molecule has 6 N–H and O–H groups in total. The van der Waals surface area contributed by atoms with E-state index >= 15 is 0 Å². The number of nitrogens with zero attached hydrogens (tertiary/aromatic N) is 1. The fourth-order valence-electron chi connectivity index (χ4n) is 4.26. The smallest absolute Gasteiger partial charge is 0.403 e. The Morgan fingerprint density at radius 2 is 1.83 bits per heavy atom. The van der Waals surface area contributed by atoms with E-state index in [0.717, 1.165) is 18.5 Å². The molecule has 1 aromatic carbocycles. The van der Waals surface area contributed by atoms with E-state index in [2.05, 4.69) is 22.9 Å². The third-order valence-electron chi connectivity index (χ3n) is 5.67. The number of phosphoric ester groups is 2. The highest BCUT2D eigenvalue weighted by molar-refractivity contribution is 7.46. The number of amides is 1. The largest absolute Gasteiger partial charge is 0.524 e. The molecule has 36 heavy (non-hydrogen) atoms. The van der Waals surface area contributed by atoms with Crippen molar-refractivity contribution in [2.75, 3.05) is 6.61 Å². The normalized spacial score (nSPS) is 13.1. The molecular formula is C22H33ClN2O9P2. The van der Waals surface area contributed by atoms with Crippen LogP contribution in [0.1, 0.15) is 61.3 Å². The number of rotatable bonds is 14. The average Bonchev–Trinajstić information content (AvgIpc) is 2.99. The quantitative estimate of drug-likeness (QED) is 0.162. The molecule has 0 spiro atoms. The summed E-state index contributed by atoms with van der Waals surface area (Å²) in [7, 11) is -9.36. The van der Waals surface area contributed by atoms with Gasteiger partial charge < -0.3 is 24.6 Å². The van der Waals surface area contributed by atoms with Crippen molar-refractivity contribution in [2.45, 2.75) is 59.4 Å². The molecule has 2 aromatic rings. The van der Waals surface area contributed by atoms with Gasteiger partial charge in [0, 0.05) is 23.5 Å². The average molecular weight is 567 g/mol. The molecule has 0 saturated heterocycles. The summed E-state index contributed by atoms with van der Waals surface area (Å²) in [5.41, 5.74) is 8.69. The van der Waals surface area contributed by atoms with Crippen LogP contribution in [-0.4, -0.2) is 36.7 Å². The summed E-state index contributed by atoms with van der Waals surface area (Å²) >= 11 is 6.26. The fourth-order valence-corrected chi connectivity index (χ4v) is 5.32. The van der Waals surface area contributed by atoms with Gasteiger partial charge in [-0.05, 0) is 49.8 Å². The third kappa shape index (κ3) is 8.71. The van der Waals surface area contributed by atoms with E-state index in [1.807, 2.05) is 4.57 Å². The van der Waals surface area contributed by atoms with Gasteiger partial charge >= 0.3 is 15.6 Å². The maximum absolute atomic E-state index is 12.6. The number of carbonyl (C=O) groups excluding carboxylic acids is 1. The number of aromatic nitrogens is 1. The van der Waals surface area contributed by atoms with Crippen LogP contribution in [0.15, 0.2) is 18.2 Å². The Labute approximate surface area is 215 Å². The van der Waals surface area contributed by atoms with E-state index in [-0.39, 0.29) is 23.3 Å². The number of hydrogen-bond acceptors (Lipinski definition) is 5. The van der Waals surface area contributed by atoms with Crippen LogP contribution < -0.4 is 10.3 Å². The van der Waals surface area contributed by atoms with E-state index in [4.69, 9.17) is 36.9 Å². The molecule has 11 nitrogen and oxygen atoms in total. The zero-order chi connectivity index (χ0) is 27.3. The van der Waals surface area contributed by atoms with Crippen LogP contribution in [0.5, 0.6) is 5.75 Å². The minimum absolute atomic E-state index is 0.0428. The summed E-state index contributed by atoms with van der Waals surface area (Å²) in [6, 6.07) is 4.36. The summed E-state index contributed by atoms with van der Waals surface area (Å²) in [5, 5.41) is -0.0428. The van der Waals surface area contributed by atoms with Crippen molar-refractivity contribution < 1.29 is 42.5 Å². The van der Waals surface area contributed by atoms with E-state index in [1.54, 1.807) is 13.0 Å². The lowest BCUT2D eigenvalue weighted by atomic mass is 9.93. The molecule has 0 bridgehead atoms. The Balaban J connectivity index is 2.55. The van der Waals surface area contributed by atoms with Crippen molar-refractivity contribution in [3.05, 3.63) is 40.2 Å². The van der Waals surface area contributed by atoms with Gasteiger partial charge in [0.25, 0.3) is 5.91 Å². The maximum atomic E-state index is 12.6. The van der Waals surface area contributed by atoms with Crippen LogP contribution in [0.3, 0.4) is 0 Å². The summed E-state index contributed by atoms with van der Waals surface area (Å²) in [5.74, 6) is -0.563. The van der Waals surface area contributed by atoms with Crippen molar-refractivity contribution in [1.29, 1.82) is 0 Å². The molecule has 202 valence electrons. The first-order valence-corrected chi connectivity index (χ1v) is 14.8. The van der Waals surface area contributed by atoms with E-state index in [0.29, 0.717) is 48.2 Å². The number of benzene rings is 1. The molecule has 1 aromatic heterocycles. The van der Waals surface area contributed by atoms with Crippen molar-refractivity contribution in [1.82, 2.24) is 4.57 Å². The third-order valence-corrected chi connectivity index (χ3v) is 6.92. The first kappa shape index (κ1) is 30.5. The van der Waals surface area contributed by atoms with Gasteiger partial charge in [-0.1, -0.05) is 44.4 Å². The predicted molar refractivity (Wildman–Crippen MR) is 136 cm³/mol. The van der Waals surface area contributed by atoms with Gasteiger partial charge in [0.1, 0.15) is 5.75 Å². The summed E-state index contributed by atoms with van der Waals surface area (Å²) in [6.07, 6.45) is 3.45. The summed E-state index contributed by atoms with van der Waals surface area (Å²) < 4.78 is 33.3. The molecule has 0 aliphatic rings. The van der Waals surface area contributed by atoms with Gasteiger partial charge in [-0.25, -0.2) is 9.13 Å². The van der Waals surface area contributed by atoms with Crippen molar-refractivity contribution in [2.24, 2.45) is 11.7 Å². The minimum Gasteiger partial charge on any atom is -0.403 e. The molecule has 1 atom stereocenters. The number of phosphoric acid groups is 2. The number of nitrogens with two attached hydrogens (primary N) is 1. The Kier molecular flexibility index (Phi) is 10.8. The van der Waals surface area contributed by atoms with Gasteiger partial charge in [0.2, 0.25) is 0 Å². The monoisotopic (exact) mass is 566 g/mol. The second-order valence-electron chi connectivity index (χ2n) is 8.65. The predicted octanol–water partition coefficient (Wildman–Crippen LogP) is 4.56. The van der Waals surface area contributed by atoms with Crippen LogP contribution in [-0.2, 0) is 26.6 Å². The molecule has 0 aliphatic carbocycles. The maximum Gasteiger partial charge on any atom is 0.524 e. The highest BCUT2D eigenvalue weighted by atomic mass is 35.5. The fraction of sp³-hybridized carbons (Fsp3) is 0.500.